The zero-order chi connectivity index (χ0) is 50.2. The molecule has 16 nitrogen and oxygen atoms in total. The number of amides is 1. The van der Waals surface area contributed by atoms with E-state index in [1.54, 1.807) is 44.7 Å². The first-order valence-corrected chi connectivity index (χ1v) is 24.4. The van der Waals surface area contributed by atoms with Gasteiger partial charge < -0.3 is 38.4 Å². The van der Waals surface area contributed by atoms with E-state index in [0.29, 0.717) is 25.3 Å². The molecule has 0 radical (unpaired) electrons. The molecule has 2 unspecified atom stereocenters. The molecule has 374 valence electrons. The first-order valence-electron chi connectivity index (χ1n) is 24.0. The third-order valence-corrected chi connectivity index (χ3v) is 15.6. The Morgan fingerprint density at radius 2 is 1.65 bits per heavy atom. The molecule has 4 aliphatic rings. The minimum absolute atomic E-state index is 0.0394. The number of rotatable bonds is 13. The molecule has 7 rings (SSSR count). The number of hydrogen-bond acceptors (Lipinski definition) is 14. The molecule has 0 saturated carbocycles. The molecule has 0 aliphatic carbocycles. The van der Waals surface area contributed by atoms with Gasteiger partial charge in [-0.2, -0.15) is 0 Å². The quantitative estimate of drug-likeness (QED) is 0.0563. The highest BCUT2D eigenvalue weighted by Crippen LogP contribution is 2.54. The highest BCUT2D eigenvalue weighted by atomic mass is 35.5. The number of carbonyl (C=O) groups excluding carboxylic acids is 4. The summed E-state index contributed by atoms with van der Waals surface area (Å²) in [7, 11) is 3.35. The largest absolute Gasteiger partial charge is 0.458 e. The number of aliphatic hydroxyl groups is 1. The third kappa shape index (κ3) is 9.90. The van der Waals surface area contributed by atoms with Crippen molar-refractivity contribution >= 4 is 40.9 Å². The minimum atomic E-state index is -1.62. The zero-order valence-corrected chi connectivity index (χ0v) is 41.7. The lowest BCUT2D eigenvalue weighted by atomic mass is 9.64. The van der Waals surface area contributed by atoms with Gasteiger partial charge in [0.25, 0.3) is 0 Å². The topological polar surface area (TPSA) is 194 Å². The van der Waals surface area contributed by atoms with Crippen molar-refractivity contribution < 1.29 is 57.6 Å². The van der Waals surface area contributed by atoms with Crippen LogP contribution >= 0.6 is 11.6 Å². The number of aliphatic hydroxyl groups excluding tert-OH is 1. The Kier molecular flexibility index (Phi) is 15.6. The molecule has 0 aromatic heterocycles. The maximum Gasteiger partial charge on any atom is 0.410 e. The van der Waals surface area contributed by atoms with Crippen molar-refractivity contribution in [2.24, 2.45) is 23.7 Å². The number of ketones is 2. The van der Waals surface area contributed by atoms with E-state index in [1.165, 1.54) is 37.8 Å². The first-order chi connectivity index (χ1) is 32.7. The van der Waals surface area contributed by atoms with Crippen molar-refractivity contribution in [2.45, 2.75) is 147 Å². The summed E-state index contributed by atoms with van der Waals surface area (Å²) in [4.78, 5) is 72.8. The molecule has 2 bridgehead atoms. The van der Waals surface area contributed by atoms with Crippen molar-refractivity contribution in [3.63, 3.8) is 0 Å². The average molecular weight is 977 g/mol. The monoisotopic (exact) mass is 975 g/mol. The number of benzene rings is 3. The number of esters is 1. The van der Waals surface area contributed by atoms with Crippen LogP contribution in [0.3, 0.4) is 0 Å². The van der Waals surface area contributed by atoms with Gasteiger partial charge in [-0.05, 0) is 102 Å². The summed E-state index contributed by atoms with van der Waals surface area (Å²) in [5.74, 6) is -4.96. The summed E-state index contributed by atoms with van der Waals surface area (Å²) in [5, 5.41) is 23.8. The second kappa shape index (κ2) is 20.8. The summed E-state index contributed by atoms with van der Waals surface area (Å²) in [6.07, 6.45) is -2.13. The van der Waals surface area contributed by atoms with Crippen LogP contribution in [-0.2, 0) is 51.0 Å². The number of unbranched alkanes of at least 4 members (excludes halogenated alkanes) is 1. The lowest BCUT2D eigenvalue weighted by molar-refractivity contribution is -0.385. The second-order valence-corrected chi connectivity index (χ2v) is 20.2. The van der Waals surface area contributed by atoms with Crippen molar-refractivity contribution in [3.8, 4) is 11.5 Å². The van der Waals surface area contributed by atoms with Gasteiger partial charge in [-0.1, -0.05) is 81.8 Å². The number of likely N-dealkylation sites (N-methyl/N-ethyl adjacent to an activating group) is 1. The van der Waals surface area contributed by atoms with E-state index >= 15 is 4.79 Å². The van der Waals surface area contributed by atoms with Gasteiger partial charge in [-0.15, -0.1) is 0 Å². The highest BCUT2D eigenvalue weighted by Gasteiger charge is 2.70. The fourth-order valence-corrected chi connectivity index (χ4v) is 11.8. The van der Waals surface area contributed by atoms with Crippen LogP contribution in [0.4, 0.5) is 10.5 Å². The number of fused-ring (bicyclic) bond motifs is 4. The molecule has 4 saturated heterocycles. The Hall–Kier alpha value is -4.97. The lowest BCUT2D eigenvalue weighted by Gasteiger charge is -2.51. The number of aryl methyl sites for hydroxylation is 1. The van der Waals surface area contributed by atoms with Crippen LogP contribution in [0.15, 0.2) is 72.8 Å². The van der Waals surface area contributed by atoms with E-state index in [0.717, 1.165) is 18.4 Å². The van der Waals surface area contributed by atoms with Gasteiger partial charge in [0.15, 0.2) is 17.7 Å². The highest BCUT2D eigenvalue weighted by molar-refractivity contribution is 6.30. The van der Waals surface area contributed by atoms with E-state index in [2.05, 4.69) is 12.1 Å². The van der Waals surface area contributed by atoms with Crippen LogP contribution in [-0.4, -0.2) is 118 Å². The Balaban J connectivity index is 1.16. The number of methoxy groups -OCH3 is 1. The van der Waals surface area contributed by atoms with Crippen molar-refractivity contribution in [3.05, 3.63) is 99.1 Å². The van der Waals surface area contributed by atoms with E-state index in [4.69, 9.17) is 40.0 Å². The van der Waals surface area contributed by atoms with Crippen molar-refractivity contribution in [1.29, 1.82) is 0 Å². The predicted octanol–water partition coefficient (Wildman–Crippen LogP) is 8.50. The number of halogens is 1. The molecule has 1 spiro atoms. The van der Waals surface area contributed by atoms with Gasteiger partial charge in [0.1, 0.15) is 35.3 Å². The SMILES string of the molecule is CCC1OC(=O)[C@H](C)C(=O)[C@H](C)[C@@]2(O[C@@H]3OC2C[C@H](N(C)Cc2ccc(Oc4ccc(Cl)cc4[N+](=O)[O-])cc2)[C@H]3O)[C@](C)(OC)C[C@@H](C)C(=O)[C@H](C)[C@H]2N(CCCCc3ccccc3)C(=O)O[C@]12C. The average Bonchev–Trinajstić information content (AvgIpc) is 3.81. The Morgan fingerprint density at radius 3 is 2.30 bits per heavy atom. The first kappa shape index (κ1) is 51.9. The fraction of sp³-hybridized carbons (Fsp3) is 0.577. The fourth-order valence-electron chi connectivity index (χ4n) is 11.6. The number of hydrogen-bond donors (Lipinski definition) is 1. The van der Waals surface area contributed by atoms with Gasteiger partial charge in [-0.25, -0.2) is 4.79 Å². The number of nitro groups is 1. The number of nitrogens with zero attached hydrogens (tertiary/aromatic N) is 3. The van der Waals surface area contributed by atoms with Gasteiger partial charge in [0.05, 0.1) is 28.6 Å². The number of cyclic esters (lactones) is 1. The summed E-state index contributed by atoms with van der Waals surface area (Å²) < 4.78 is 38.1. The van der Waals surface area contributed by atoms with Crippen LogP contribution in [0.5, 0.6) is 11.5 Å². The number of nitro benzene ring substituents is 1. The van der Waals surface area contributed by atoms with Gasteiger partial charge in [-0.3, -0.25) is 29.4 Å². The van der Waals surface area contributed by atoms with Gasteiger partial charge in [0, 0.05) is 49.2 Å². The summed E-state index contributed by atoms with van der Waals surface area (Å²) in [6, 6.07) is 19.9. The second-order valence-electron chi connectivity index (χ2n) is 19.8. The van der Waals surface area contributed by atoms with Gasteiger partial charge >= 0.3 is 17.7 Å². The summed E-state index contributed by atoms with van der Waals surface area (Å²) >= 11 is 5.98. The molecule has 4 aliphatic heterocycles. The van der Waals surface area contributed by atoms with E-state index < -0.39 is 99.9 Å². The van der Waals surface area contributed by atoms with Crippen LogP contribution in [0.1, 0.15) is 91.7 Å². The molecule has 13 atom stereocenters. The Morgan fingerprint density at radius 1 is 0.957 bits per heavy atom. The number of carbonyl (C=O) groups is 4. The van der Waals surface area contributed by atoms with E-state index in [1.807, 2.05) is 56.1 Å². The maximum atomic E-state index is 15.0. The molecule has 17 heteroatoms. The molecule has 1 amide bonds. The van der Waals surface area contributed by atoms with E-state index in [9.17, 15) is 29.6 Å². The standard InChI is InChI=1S/C52H66ClN3O13/c1-10-41-51(7)46(55(49(61)69-51)25-15-14-18-34-16-12-11-13-17-34)31(3)43(57)30(2)28-50(6,64-9)52(33(5)44(58)32(4)47(60)66-41)42-27-39(45(59)48(67-42)68-52)54(8)29-35-19-22-37(23-20-35)65-40-24-21-36(53)26-38(40)56(62)63/h11-13,16-17,19-24,26,30-33,39,41-42,45-46,48,59H,10,14-15,18,25,27-29H2,1-9H3/t30-,31+,32-,33+,39+,41?,42?,45-,46-,48+,50-,51-,52+/m1/s1. The molecule has 4 heterocycles. The normalized spacial score (nSPS) is 34.1. The maximum absolute atomic E-state index is 15.0. The Bertz CT molecular complexity index is 2370. The molecule has 3 aromatic rings. The summed E-state index contributed by atoms with van der Waals surface area (Å²) in [6.45, 7) is 12.8. The summed E-state index contributed by atoms with van der Waals surface area (Å²) in [5.41, 5.74) is -2.70. The molecular weight excluding hydrogens is 910 g/mol. The molecule has 3 aromatic carbocycles. The molecule has 4 fully saturated rings. The molecule has 1 N–H and O–H groups in total. The van der Waals surface area contributed by atoms with Crippen LogP contribution < -0.4 is 4.74 Å². The lowest BCUT2D eigenvalue weighted by Crippen LogP contribution is -2.66. The van der Waals surface area contributed by atoms with Crippen molar-refractivity contribution in [1.82, 2.24) is 9.80 Å². The van der Waals surface area contributed by atoms with Crippen LogP contribution in [0, 0.1) is 33.8 Å². The zero-order valence-electron chi connectivity index (χ0n) is 40.9. The van der Waals surface area contributed by atoms with E-state index in [-0.39, 0.29) is 41.5 Å². The number of Topliss-reactive ketones (excluding diaryl/α,β-unsaturated/α-hetero) is 2. The molecule has 69 heavy (non-hydrogen) atoms. The minimum Gasteiger partial charge on any atom is -0.458 e. The predicted molar refractivity (Wildman–Crippen MR) is 255 cm³/mol. The van der Waals surface area contributed by atoms with Gasteiger partial charge in [0.2, 0.25) is 5.75 Å². The van der Waals surface area contributed by atoms with Crippen molar-refractivity contribution in [2.75, 3.05) is 20.7 Å². The Labute approximate surface area is 409 Å². The smallest absolute Gasteiger partial charge is 0.410 e. The van der Waals surface area contributed by atoms with Crippen LogP contribution in [0.25, 0.3) is 0 Å². The third-order valence-electron chi connectivity index (χ3n) is 15.4. The van der Waals surface area contributed by atoms with Crippen LogP contribution in [0.2, 0.25) is 5.02 Å². The number of ether oxygens (including phenoxy) is 6. The molecular formula is C52H66ClN3O13.